The van der Waals surface area contributed by atoms with Crippen LogP contribution in [0.4, 0.5) is 0 Å². The third kappa shape index (κ3) is 5.19. The summed E-state index contributed by atoms with van der Waals surface area (Å²) in [5.74, 6) is -0.499. The quantitative estimate of drug-likeness (QED) is 0.178. The molecule has 0 aliphatic heterocycles. The molecule has 5 rings (SSSR count). The molecule has 40 heavy (non-hydrogen) atoms. The molecule has 1 N–H and O–H groups in total. The third-order valence-corrected chi connectivity index (χ3v) is 8.82. The monoisotopic (exact) mass is 550 g/mol. The maximum atomic E-state index is 13.0. The van der Waals surface area contributed by atoms with Gasteiger partial charge in [0.05, 0.1) is 22.3 Å². The maximum absolute atomic E-state index is 13.0. The van der Waals surface area contributed by atoms with Crippen LogP contribution in [0.25, 0.3) is 27.8 Å². The number of fused-ring (bicyclic) bond motifs is 1. The molecule has 0 atom stereocenters. The van der Waals surface area contributed by atoms with Crippen molar-refractivity contribution in [2.45, 2.75) is 18.7 Å². The van der Waals surface area contributed by atoms with Crippen molar-refractivity contribution in [1.29, 1.82) is 0 Å². The van der Waals surface area contributed by atoms with E-state index in [1.807, 2.05) is 66.7 Å². The van der Waals surface area contributed by atoms with Crippen LogP contribution in [0, 0.1) is 0 Å². The predicted molar refractivity (Wildman–Crippen MR) is 160 cm³/mol. The summed E-state index contributed by atoms with van der Waals surface area (Å²) in [4.78, 5) is 13.1. The Bertz CT molecular complexity index is 1780. The van der Waals surface area contributed by atoms with Gasteiger partial charge in [0.1, 0.15) is 0 Å². The van der Waals surface area contributed by atoms with Gasteiger partial charge in [0.25, 0.3) is 5.91 Å². The molecule has 0 saturated heterocycles. The summed E-state index contributed by atoms with van der Waals surface area (Å²) in [6.07, 6.45) is 1.65. The fraction of sp³-hybridized carbons (Fsp3) is 0.125. The Kier molecular flexibility index (Phi) is 7.91. The van der Waals surface area contributed by atoms with Gasteiger partial charge in [0.2, 0.25) is 10.0 Å². The van der Waals surface area contributed by atoms with E-state index < -0.39 is 15.9 Å². The minimum Gasteiger partial charge on any atom is -0.309 e. The Morgan fingerprint density at radius 2 is 1.50 bits per heavy atom. The van der Waals surface area contributed by atoms with E-state index in [2.05, 4.69) is 33.3 Å². The molecule has 1 amide bonds. The number of rotatable bonds is 9. The SMILES string of the molecule is CCN(CC)S(=O)(=O)c1cccc(C(=O)N/N=C/c2c(-c3ccccc3)n(-c3ccccc3)c3ccccc23)c1. The number of hydrazone groups is 1. The number of hydrogen-bond donors (Lipinski definition) is 1. The molecule has 1 heterocycles. The van der Waals surface area contributed by atoms with Gasteiger partial charge in [-0.3, -0.25) is 4.79 Å². The van der Waals surface area contributed by atoms with E-state index in [9.17, 15) is 13.2 Å². The summed E-state index contributed by atoms with van der Waals surface area (Å²) in [6, 6.07) is 34.2. The lowest BCUT2D eigenvalue weighted by atomic mass is 10.1. The minimum atomic E-state index is -3.69. The first kappa shape index (κ1) is 27.1. The molecule has 0 bridgehead atoms. The summed E-state index contributed by atoms with van der Waals surface area (Å²) >= 11 is 0. The molecule has 0 spiro atoms. The van der Waals surface area contributed by atoms with Gasteiger partial charge in [-0.15, -0.1) is 0 Å². The van der Waals surface area contributed by atoms with E-state index in [1.54, 1.807) is 32.2 Å². The lowest BCUT2D eigenvalue weighted by Crippen LogP contribution is -2.30. The summed E-state index contributed by atoms with van der Waals surface area (Å²) in [5, 5.41) is 5.30. The second kappa shape index (κ2) is 11.7. The summed E-state index contributed by atoms with van der Waals surface area (Å²) in [6.45, 7) is 4.26. The van der Waals surface area contributed by atoms with Gasteiger partial charge in [0, 0.05) is 35.3 Å². The van der Waals surface area contributed by atoms with Crippen molar-refractivity contribution < 1.29 is 13.2 Å². The zero-order chi connectivity index (χ0) is 28.1. The molecule has 0 radical (unpaired) electrons. The Balaban J connectivity index is 1.53. The molecule has 202 valence electrons. The Morgan fingerprint density at radius 3 is 2.20 bits per heavy atom. The number of sulfonamides is 1. The molecule has 5 aromatic rings. The number of nitrogens with zero attached hydrogens (tertiary/aromatic N) is 3. The van der Waals surface area contributed by atoms with E-state index >= 15 is 0 Å². The Labute approximate surface area is 234 Å². The van der Waals surface area contributed by atoms with Gasteiger partial charge >= 0.3 is 0 Å². The highest BCUT2D eigenvalue weighted by atomic mass is 32.2. The number of para-hydroxylation sites is 2. The van der Waals surface area contributed by atoms with Crippen LogP contribution in [0.1, 0.15) is 29.8 Å². The Hall–Kier alpha value is -4.53. The van der Waals surface area contributed by atoms with Crippen LogP contribution in [0.15, 0.2) is 119 Å². The minimum absolute atomic E-state index is 0.0742. The number of carbonyl (C=O) groups is 1. The van der Waals surface area contributed by atoms with Crippen molar-refractivity contribution in [2.24, 2.45) is 5.10 Å². The van der Waals surface area contributed by atoms with Gasteiger partial charge < -0.3 is 4.57 Å². The van der Waals surface area contributed by atoms with Crippen molar-refractivity contribution in [3.63, 3.8) is 0 Å². The highest BCUT2D eigenvalue weighted by molar-refractivity contribution is 7.89. The standard InChI is InChI=1S/C32H30N4O3S/c1-3-35(4-2)40(38,39)27-19-13-16-25(22-27)32(37)34-33-23-29-28-20-11-12-21-30(28)36(26-17-9-6-10-18-26)31(29)24-14-7-5-8-15-24/h5-23H,3-4H2,1-2H3,(H,34,37)/b33-23+. The Morgan fingerprint density at radius 1 is 0.850 bits per heavy atom. The lowest BCUT2D eigenvalue weighted by molar-refractivity contribution is 0.0955. The highest BCUT2D eigenvalue weighted by Gasteiger charge is 2.23. The molecule has 1 aromatic heterocycles. The topological polar surface area (TPSA) is 83.8 Å². The second-order valence-electron chi connectivity index (χ2n) is 9.13. The van der Waals surface area contributed by atoms with Crippen LogP contribution < -0.4 is 5.43 Å². The molecule has 0 unspecified atom stereocenters. The second-order valence-corrected chi connectivity index (χ2v) is 11.1. The highest BCUT2D eigenvalue weighted by Crippen LogP contribution is 2.35. The number of amides is 1. The molecule has 0 fully saturated rings. The smallest absolute Gasteiger partial charge is 0.271 e. The van der Waals surface area contributed by atoms with Crippen LogP contribution in [-0.4, -0.2) is 42.5 Å². The molecule has 4 aromatic carbocycles. The van der Waals surface area contributed by atoms with E-state index in [1.165, 1.54) is 16.4 Å². The third-order valence-electron chi connectivity index (χ3n) is 6.77. The van der Waals surface area contributed by atoms with Crippen molar-refractivity contribution in [3.8, 4) is 16.9 Å². The van der Waals surface area contributed by atoms with Crippen LogP contribution in [0.3, 0.4) is 0 Å². The number of aromatic nitrogens is 1. The van der Waals surface area contributed by atoms with Gasteiger partial charge in [-0.1, -0.05) is 86.6 Å². The van der Waals surface area contributed by atoms with Crippen LogP contribution in [-0.2, 0) is 10.0 Å². The molecule has 0 saturated carbocycles. The average molecular weight is 551 g/mol. The van der Waals surface area contributed by atoms with E-state index in [0.29, 0.717) is 13.1 Å². The van der Waals surface area contributed by atoms with Gasteiger partial charge in [-0.25, -0.2) is 13.8 Å². The normalized spacial score (nSPS) is 11.9. The fourth-order valence-corrected chi connectivity index (χ4v) is 6.36. The first-order valence-corrected chi connectivity index (χ1v) is 14.6. The maximum Gasteiger partial charge on any atom is 0.271 e. The molecule has 7 nitrogen and oxygen atoms in total. The number of carbonyl (C=O) groups excluding carboxylic acids is 1. The summed E-state index contributed by atoms with van der Waals surface area (Å²) in [5.41, 5.74) is 7.61. The molecule has 8 heteroatoms. The number of hydrogen-bond acceptors (Lipinski definition) is 4. The molecule has 0 aliphatic rings. The zero-order valence-corrected chi connectivity index (χ0v) is 23.2. The largest absolute Gasteiger partial charge is 0.309 e. The van der Waals surface area contributed by atoms with E-state index in [4.69, 9.17) is 0 Å². The van der Waals surface area contributed by atoms with Crippen LogP contribution in [0.5, 0.6) is 0 Å². The van der Waals surface area contributed by atoms with Crippen molar-refractivity contribution in [2.75, 3.05) is 13.1 Å². The van der Waals surface area contributed by atoms with Crippen LogP contribution >= 0.6 is 0 Å². The van der Waals surface area contributed by atoms with Gasteiger partial charge in [-0.2, -0.15) is 9.41 Å². The van der Waals surface area contributed by atoms with Crippen molar-refractivity contribution >= 4 is 33.0 Å². The first-order valence-electron chi connectivity index (χ1n) is 13.1. The van der Waals surface area contributed by atoms with E-state index in [0.717, 1.165) is 33.4 Å². The average Bonchev–Trinajstić information content (AvgIpc) is 3.33. The van der Waals surface area contributed by atoms with Crippen molar-refractivity contribution in [1.82, 2.24) is 14.3 Å². The van der Waals surface area contributed by atoms with Crippen molar-refractivity contribution in [3.05, 3.63) is 120 Å². The summed E-state index contributed by atoms with van der Waals surface area (Å²) < 4.78 is 29.4. The molecule has 0 aliphatic carbocycles. The summed E-state index contributed by atoms with van der Waals surface area (Å²) in [7, 11) is -3.69. The van der Waals surface area contributed by atoms with Gasteiger partial charge in [-0.05, 0) is 42.0 Å². The fourth-order valence-electron chi connectivity index (χ4n) is 4.85. The van der Waals surface area contributed by atoms with Crippen LogP contribution in [0.2, 0.25) is 0 Å². The molecular formula is C32H30N4O3S. The first-order chi connectivity index (χ1) is 19.5. The number of nitrogens with one attached hydrogen (secondary N) is 1. The number of benzene rings is 4. The van der Waals surface area contributed by atoms with Gasteiger partial charge in [0.15, 0.2) is 0 Å². The predicted octanol–water partition coefficient (Wildman–Crippen LogP) is 6.09. The lowest BCUT2D eigenvalue weighted by Gasteiger charge is -2.18. The zero-order valence-electron chi connectivity index (χ0n) is 22.4. The molecular weight excluding hydrogens is 520 g/mol. The van der Waals surface area contributed by atoms with E-state index in [-0.39, 0.29) is 10.5 Å².